The minimum absolute atomic E-state index is 0.259. The number of thiazole rings is 1. The minimum atomic E-state index is -0.259. The number of hydrogen-bond donors (Lipinski definition) is 1. The molecule has 7 heteroatoms. The Morgan fingerprint density at radius 1 is 1.11 bits per heavy atom. The van der Waals surface area contributed by atoms with Gasteiger partial charge in [0.2, 0.25) is 0 Å². The molecular weight excluding hydrogens is 460 g/mol. The lowest BCUT2D eigenvalue weighted by molar-refractivity contribution is 0.102. The first kappa shape index (κ1) is 18.9. The summed E-state index contributed by atoms with van der Waals surface area (Å²) in [7, 11) is 0. The van der Waals surface area contributed by atoms with Crippen molar-refractivity contribution in [1.82, 2.24) is 4.98 Å². The van der Waals surface area contributed by atoms with Crippen molar-refractivity contribution in [3.8, 4) is 5.75 Å². The third-order valence-corrected chi connectivity index (χ3v) is 5.69. The van der Waals surface area contributed by atoms with Crippen LogP contribution >= 0.6 is 38.9 Å². The Balaban J connectivity index is 1.51. The van der Waals surface area contributed by atoms with Crippen molar-refractivity contribution in [1.29, 1.82) is 0 Å². The standard InChI is InChI=1S/C21H14BrClN2O2S/c22-14-7-10-17-19(11-14)28-21(24-17)25-20(26)16-3-1-2-4-18(16)27-12-13-5-8-15(23)9-6-13/h1-11H,12H2,(H,24,25,26). The van der Waals surface area contributed by atoms with Crippen LogP contribution in [0.15, 0.2) is 71.2 Å². The van der Waals surface area contributed by atoms with Gasteiger partial charge in [0, 0.05) is 9.50 Å². The highest BCUT2D eigenvalue weighted by molar-refractivity contribution is 9.10. The molecule has 0 bridgehead atoms. The highest BCUT2D eigenvalue weighted by Gasteiger charge is 2.15. The van der Waals surface area contributed by atoms with Gasteiger partial charge in [0.25, 0.3) is 5.91 Å². The fourth-order valence-corrected chi connectivity index (χ4v) is 4.18. The van der Waals surface area contributed by atoms with Crippen LogP contribution in [-0.4, -0.2) is 10.9 Å². The van der Waals surface area contributed by atoms with E-state index < -0.39 is 0 Å². The lowest BCUT2D eigenvalue weighted by Gasteiger charge is -2.11. The summed E-state index contributed by atoms with van der Waals surface area (Å²) >= 11 is 10.8. The fraction of sp³-hybridized carbons (Fsp3) is 0.0476. The summed E-state index contributed by atoms with van der Waals surface area (Å²) in [6.45, 7) is 0.344. The Hall–Kier alpha value is -2.41. The van der Waals surface area contributed by atoms with Crippen molar-refractivity contribution in [3.05, 3.63) is 87.4 Å². The first-order valence-corrected chi connectivity index (χ1v) is 10.4. The van der Waals surface area contributed by atoms with Gasteiger partial charge in [0.15, 0.2) is 5.13 Å². The quantitative estimate of drug-likeness (QED) is 0.358. The molecule has 0 radical (unpaired) electrons. The first-order chi connectivity index (χ1) is 13.6. The molecular formula is C21H14BrClN2O2S. The third kappa shape index (κ3) is 4.35. The highest BCUT2D eigenvalue weighted by atomic mass is 79.9. The predicted molar refractivity (Wildman–Crippen MR) is 117 cm³/mol. The number of hydrogen-bond acceptors (Lipinski definition) is 4. The van der Waals surface area contributed by atoms with Crippen molar-refractivity contribution >= 4 is 60.1 Å². The van der Waals surface area contributed by atoms with E-state index >= 15 is 0 Å². The average molecular weight is 474 g/mol. The number of rotatable bonds is 5. The number of nitrogens with one attached hydrogen (secondary N) is 1. The summed E-state index contributed by atoms with van der Waals surface area (Å²) in [6, 6.07) is 20.4. The molecule has 1 N–H and O–H groups in total. The van der Waals surface area contributed by atoms with Crippen molar-refractivity contribution in [2.24, 2.45) is 0 Å². The summed E-state index contributed by atoms with van der Waals surface area (Å²) in [5.41, 5.74) is 2.27. The van der Waals surface area contributed by atoms with Gasteiger partial charge in [0.1, 0.15) is 12.4 Å². The second-order valence-corrected chi connectivity index (χ2v) is 8.38. The van der Waals surface area contributed by atoms with E-state index in [1.165, 1.54) is 11.3 Å². The van der Waals surface area contributed by atoms with Crippen LogP contribution in [0.1, 0.15) is 15.9 Å². The van der Waals surface area contributed by atoms with E-state index in [1.54, 1.807) is 18.2 Å². The van der Waals surface area contributed by atoms with Gasteiger partial charge in [-0.3, -0.25) is 10.1 Å². The van der Waals surface area contributed by atoms with Gasteiger partial charge in [-0.05, 0) is 48.0 Å². The van der Waals surface area contributed by atoms with Gasteiger partial charge in [-0.1, -0.05) is 63.1 Å². The van der Waals surface area contributed by atoms with Gasteiger partial charge in [0.05, 0.1) is 15.8 Å². The number of aromatic nitrogens is 1. The predicted octanol–water partition coefficient (Wildman–Crippen LogP) is 6.54. The second-order valence-electron chi connectivity index (χ2n) is 6.00. The van der Waals surface area contributed by atoms with Gasteiger partial charge in [-0.2, -0.15) is 0 Å². The van der Waals surface area contributed by atoms with Crippen LogP contribution in [0, 0.1) is 0 Å². The number of amides is 1. The van der Waals surface area contributed by atoms with Crippen LogP contribution in [0.3, 0.4) is 0 Å². The zero-order valence-electron chi connectivity index (χ0n) is 14.5. The molecule has 0 aliphatic rings. The molecule has 28 heavy (non-hydrogen) atoms. The van der Waals surface area contributed by atoms with Crippen LogP contribution in [-0.2, 0) is 6.61 Å². The molecule has 4 rings (SSSR count). The van der Waals surface area contributed by atoms with Crippen LogP contribution in [0.25, 0.3) is 10.2 Å². The Morgan fingerprint density at radius 3 is 2.71 bits per heavy atom. The van der Waals surface area contributed by atoms with E-state index in [-0.39, 0.29) is 5.91 Å². The Kier molecular flexibility index (Phi) is 5.62. The monoisotopic (exact) mass is 472 g/mol. The molecule has 0 spiro atoms. The number of fused-ring (bicyclic) bond motifs is 1. The van der Waals surface area contributed by atoms with Crippen LogP contribution in [0.5, 0.6) is 5.75 Å². The molecule has 0 saturated carbocycles. The molecule has 1 amide bonds. The maximum Gasteiger partial charge on any atom is 0.261 e. The van der Waals surface area contributed by atoms with Crippen LogP contribution < -0.4 is 10.1 Å². The van der Waals surface area contributed by atoms with E-state index in [0.29, 0.717) is 28.1 Å². The number of carbonyl (C=O) groups is 1. The maximum absolute atomic E-state index is 12.8. The van der Waals surface area contributed by atoms with Gasteiger partial charge < -0.3 is 4.74 Å². The zero-order valence-corrected chi connectivity index (χ0v) is 17.6. The topological polar surface area (TPSA) is 51.2 Å². The van der Waals surface area contributed by atoms with Gasteiger partial charge in [-0.15, -0.1) is 0 Å². The summed E-state index contributed by atoms with van der Waals surface area (Å²) in [5, 5.41) is 4.09. The molecule has 1 aromatic heterocycles. The van der Waals surface area contributed by atoms with E-state index in [1.807, 2.05) is 48.5 Å². The van der Waals surface area contributed by atoms with Gasteiger partial charge >= 0.3 is 0 Å². The Labute approximate surface area is 179 Å². The Bertz CT molecular complexity index is 1140. The van der Waals surface area contributed by atoms with E-state index in [2.05, 4.69) is 26.2 Å². The van der Waals surface area contributed by atoms with E-state index in [9.17, 15) is 4.79 Å². The highest BCUT2D eigenvalue weighted by Crippen LogP contribution is 2.29. The smallest absolute Gasteiger partial charge is 0.261 e. The molecule has 0 aliphatic carbocycles. The molecule has 0 atom stereocenters. The minimum Gasteiger partial charge on any atom is -0.488 e. The largest absolute Gasteiger partial charge is 0.488 e. The molecule has 4 nitrogen and oxygen atoms in total. The number of halogens is 2. The molecule has 4 aromatic rings. The fourth-order valence-electron chi connectivity index (χ4n) is 2.64. The zero-order chi connectivity index (χ0) is 19.5. The molecule has 140 valence electrons. The lowest BCUT2D eigenvalue weighted by atomic mass is 10.2. The summed E-state index contributed by atoms with van der Waals surface area (Å²) < 4.78 is 7.84. The lowest BCUT2D eigenvalue weighted by Crippen LogP contribution is -2.13. The average Bonchev–Trinajstić information content (AvgIpc) is 3.09. The summed E-state index contributed by atoms with van der Waals surface area (Å²) in [5.74, 6) is 0.253. The van der Waals surface area contributed by atoms with Crippen molar-refractivity contribution in [2.45, 2.75) is 6.61 Å². The Morgan fingerprint density at radius 2 is 1.89 bits per heavy atom. The molecule has 1 heterocycles. The number of benzene rings is 3. The second kappa shape index (κ2) is 8.31. The number of ether oxygens (including phenoxy) is 1. The maximum atomic E-state index is 12.8. The number of anilines is 1. The van der Waals surface area contributed by atoms with Crippen molar-refractivity contribution in [3.63, 3.8) is 0 Å². The normalized spacial score (nSPS) is 10.8. The molecule has 0 unspecified atom stereocenters. The summed E-state index contributed by atoms with van der Waals surface area (Å²) in [6.07, 6.45) is 0. The van der Waals surface area contributed by atoms with Crippen molar-refractivity contribution in [2.75, 3.05) is 5.32 Å². The third-order valence-electron chi connectivity index (χ3n) is 4.01. The number of nitrogens with zero attached hydrogens (tertiary/aromatic N) is 1. The van der Waals surface area contributed by atoms with E-state index in [4.69, 9.17) is 16.3 Å². The number of para-hydroxylation sites is 1. The summed E-state index contributed by atoms with van der Waals surface area (Å²) in [4.78, 5) is 17.2. The molecule has 3 aromatic carbocycles. The van der Waals surface area contributed by atoms with E-state index in [0.717, 1.165) is 20.3 Å². The van der Waals surface area contributed by atoms with Crippen LogP contribution in [0.4, 0.5) is 5.13 Å². The van der Waals surface area contributed by atoms with Gasteiger partial charge in [-0.25, -0.2) is 4.98 Å². The molecule has 0 fully saturated rings. The molecule has 0 aliphatic heterocycles. The van der Waals surface area contributed by atoms with Crippen LogP contribution in [0.2, 0.25) is 5.02 Å². The first-order valence-electron chi connectivity index (χ1n) is 8.42. The van der Waals surface area contributed by atoms with Crippen molar-refractivity contribution < 1.29 is 9.53 Å². The number of carbonyl (C=O) groups excluding carboxylic acids is 1. The SMILES string of the molecule is O=C(Nc1nc2ccc(Br)cc2s1)c1ccccc1OCc1ccc(Cl)cc1. The molecule has 0 saturated heterocycles.